The van der Waals surface area contributed by atoms with Crippen LogP contribution in [-0.2, 0) is 41.2 Å². The van der Waals surface area contributed by atoms with E-state index in [4.69, 9.17) is 9.47 Å². The van der Waals surface area contributed by atoms with Gasteiger partial charge in [-0.25, -0.2) is 19.2 Å². The minimum absolute atomic E-state index is 0.0497. The summed E-state index contributed by atoms with van der Waals surface area (Å²) in [6.07, 6.45) is 2.29. The zero-order chi connectivity index (χ0) is 30.9. The van der Waals surface area contributed by atoms with Crippen LogP contribution in [0.2, 0.25) is 0 Å². The number of isocyanates is 2. The second-order valence-electron chi connectivity index (χ2n) is 11.8. The third-order valence-electron chi connectivity index (χ3n) is 6.82. The van der Waals surface area contributed by atoms with Gasteiger partial charge in [-0.1, -0.05) is 48.5 Å². The Morgan fingerprint density at radius 3 is 1.34 bits per heavy atom. The Labute approximate surface area is 241 Å². The first-order valence-corrected chi connectivity index (χ1v) is 13.3. The van der Waals surface area contributed by atoms with E-state index in [0.29, 0.717) is 6.42 Å². The summed E-state index contributed by atoms with van der Waals surface area (Å²) in [5.74, 6) is 0. The Morgan fingerprint density at radius 2 is 1.00 bits per heavy atom. The zero-order valence-electron chi connectivity index (χ0n) is 25.1. The lowest BCUT2D eigenvalue weighted by atomic mass is 9.88. The predicted molar refractivity (Wildman–Crippen MR) is 155 cm³/mol. The van der Waals surface area contributed by atoms with E-state index in [0.717, 1.165) is 22.3 Å². The highest BCUT2D eigenvalue weighted by atomic mass is 16.6. The molecule has 0 spiro atoms. The lowest BCUT2D eigenvalue weighted by molar-refractivity contribution is 0.110. The number of rotatable bonds is 12. The Morgan fingerprint density at radius 1 is 0.659 bits per heavy atom. The maximum atomic E-state index is 12.4. The first-order valence-electron chi connectivity index (χ1n) is 13.3. The molecule has 41 heavy (non-hydrogen) atoms. The van der Waals surface area contributed by atoms with Gasteiger partial charge in [0.25, 0.3) is 0 Å². The van der Waals surface area contributed by atoms with E-state index in [1.807, 2.05) is 76.2 Å². The number of carbonyl (C=O) groups excluding carboxylic acids is 4. The molecule has 0 atom stereocenters. The van der Waals surface area contributed by atoms with Crippen molar-refractivity contribution in [2.75, 3.05) is 13.2 Å². The fraction of sp³-hybridized carbons (Fsp3) is 0.484. The lowest BCUT2D eigenvalue weighted by Crippen LogP contribution is -2.42. The maximum absolute atomic E-state index is 12.4. The van der Waals surface area contributed by atoms with E-state index in [1.165, 1.54) is 0 Å². The summed E-state index contributed by atoms with van der Waals surface area (Å²) in [6, 6.07) is 14.9. The highest BCUT2D eigenvalue weighted by molar-refractivity contribution is 5.69. The quantitative estimate of drug-likeness (QED) is 0.189. The largest absolute Gasteiger partial charge is 0.449 e. The molecule has 2 N–H and O–H groups in total. The molecule has 0 saturated heterocycles. The summed E-state index contributed by atoms with van der Waals surface area (Å²) >= 11 is 0. The van der Waals surface area contributed by atoms with Gasteiger partial charge in [0.05, 0.1) is 35.4 Å². The van der Waals surface area contributed by atoms with Crippen LogP contribution in [-0.4, -0.2) is 37.6 Å². The number of hydrogen-bond acceptors (Lipinski definition) is 8. The lowest BCUT2D eigenvalue weighted by Gasteiger charge is -2.28. The van der Waals surface area contributed by atoms with Gasteiger partial charge in [-0.05, 0) is 77.6 Å². The van der Waals surface area contributed by atoms with E-state index in [1.54, 1.807) is 39.9 Å². The third kappa shape index (κ3) is 9.41. The van der Waals surface area contributed by atoms with Gasteiger partial charge in [-0.15, -0.1) is 0 Å². The van der Waals surface area contributed by atoms with Gasteiger partial charge in [-0.2, -0.15) is 9.98 Å². The number of nitrogens with one attached hydrogen (secondary N) is 2. The second-order valence-corrected chi connectivity index (χ2v) is 11.8. The predicted octanol–water partition coefficient (Wildman–Crippen LogP) is 5.84. The van der Waals surface area contributed by atoms with Gasteiger partial charge < -0.3 is 20.1 Å². The van der Waals surface area contributed by atoms with Gasteiger partial charge in [0.2, 0.25) is 12.2 Å². The van der Waals surface area contributed by atoms with Crippen molar-refractivity contribution < 1.29 is 28.7 Å². The van der Waals surface area contributed by atoms with Gasteiger partial charge in [-0.3, -0.25) is 0 Å². The zero-order valence-corrected chi connectivity index (χ0v) is 25.1. The SMILES string of the molecule is CC(C)(N=C=O)c1cccc(C(C)(C)NC(=O)OCCCOC(=O)NC(C)(C)c2cccc(C(C)(C)N=C=O)c2)c1. The molecule has 0 aromatic heterocycles. The Hall–Kier alpha value is -4.26. The fourth-order valence-electron chi connectivity index (χ4n) is 4.05. The topological polar surface area (TPSA) is 136 Å². The molecule has 0 saturated carbocycles. The first kappa shape index (κ1) is 32.9. The van der Waals surface area contributed by atoms with Crippen molar-refractivity contribution in [3.05, 3.63) is 70.8 Å². The maximum Gasteiger partial charge on any atom is 0.407 e. The molecule has 2 amide bonds. The van der Waals surface area contributed by atoms with Gasteiger partial charge in [0, 0.05) is 6.42 Å². The molecule has 220 valence electrons. The number of carbonyl (C=O) groups is 2. The van der Waals surface area contributed by atoms with E-state index in [2.05, 4.69) is 20.6 Å². The third-order valence-corrected chi connectivity index (χ3v) is 6.82. The summed E-state index contributed by atoms with van der Waals surface area (Å²) in [4.78, 5) is 54.2. The molecule has 0 aliphatic rings. The second kappa shape index (κ2) is 13.4. The Balaban J connectivity index is 1.85. The van der Waals surface area contributed by atoms with Crippen molar-refractivity contribution in [2.24, 2.45) is 9.98 Å². The number of hydrogen-bond donors (Lipinski definition) is 2. The van der Waals surface area contributed by atoms with Crippen LogP contribution in [0.1, 0.15) is 84.1 Å². The van der Waals surface area contributed by atoms with Gasteiger partial charge in [0.15, 0.2) is 0 Å². The van der Waals surface area contributed by atoms with Gasteiger partial charge in [0.1, 0.15) is 0 Å². The van der Waals surface area contributed by atoms with Crippen LogP contribution in [0.4, 0.5) is 9.59 Å². The van der Waals surface area contributed by atoms with E-state index in [-0.39, 0.29) is 13.2 Å². The van der Waals surface area contributed by atoms with Crippen LogP contribution in [0.3, 0.4) is 0 Å². The molecule has 0 unspecified atom stereocenters. The smallest absolute Gasteiger partial charge is 0.407 e. The average molecular weight is 565 g/mol. The van der Waals surface area contributed by atoms with Crippen LogP contribution < -0.4 is 10.6 Å². The summed E-state index contributed by atoms with van der Waals surface area (Å²) in [7, 11) is 0. The molecule has 0 bridgehead atoms. The van der Waals surface area contributed by atoms with Crippen LogP contribution in [0.5, 0.6) is 0 Å². The minimum atomic E-state index is -0.762. The Bertz CT molecular complexity index is 1230. The minimum Gasteiger partial charge on any atom is -0.449 e. The van der Waals surface area contributed by atoms with Crippen molar-refractivity contribution in [1.82, 2.24) is 10.6 Å². The highest BCUT2D eigenvalue weighted by Crippen LogP contribution is 2.30. The summed E-state index contributed by atoms with van der Waals surface area (Å²) < 4.78 is 10.6. The molecule has 0 aliphatic heterocycles. The molecule has 0 fully saturated rings. The molecule has 2 aromatic rings. The molecule has 10 heteroatoms. The van der Waals surface area contributed by atoms with Crippen molar-refractivity contribution in [3.8, 4) is 0 Å². The van der Waals surface area contributed by atoms with Crippen LogP contribution >= 0.6 is 0 Å². The van der Waals surface area contributed by atoms with Crippen molar-refractivity contribution in [2.45, 2.75) is 84.0 Å². The normalized spacial score (nSPS) is 11.9. The highest BCUT2D eigenvalue weighted by Gasteiger charge is 2.28. The van der Waals surface area contributed by atoms with Crippen LogP contribution in [0.15, 0.2) is 58.5 Å². The van der Waals surface area contributed by atoms with Crippen molar-refractivity contribution >= 4 is 24.3 Å². The van der Waals surface area contributed by atoms with Crippen molar-refractivity contribution in [3.63, 3.8) is 0 Å². The summed E-state index contributed by atoms with van der Waals surface area (Å²) in [5.41, 5.74) is 0.229. The van der Waals surface area contributed by atoms with Crippen LogP contribution in [0, 0.1) is 0 Å². The molecule has 0 radical (unpaired) electrons. The molecule has 2 aromatic carbocycles. The number of alkyl carbamates (subject to hydrolysis) is 2. The summed E-state index contributed by atoms with van der Waals surface area (Å²) in [6.45, 7) is 14.7. The molecule has 0 heterocycles. The standard InChI is InChI=1S/C31H40N4O6/c1-28(2,32-20-36)22-12-9-14-24(18-22)30(5,6)34-26(38)40-16-11-17-41-27(39)35-31(7,8)25-15-10-13-23(19-25)29(3,4)33-21-37/h9-10,12-15,18-19H,11,16-17H2,1-8H3,(H,34,38)(H,35,39). The molecule has 0 aliphatic carbocycles. The summed E-state index contributed by atoms with van der Waals surface area (Å²) in [5, 5.41) is 5.68. The van der Waals surface area contributed by atoms with E-state index < -0.39 is 34.3 Å². The number of amides is 2. The molecular weight excluding hydrogens is 524 g/mol. The fourth-order valence-corrected chi connectivity index (χ4v) is 4.05. The molecule has 10 nitrogen and oxygen atoms in total. The molecular formula is C31H40N4O6. The monoisotopic (exact) mass is 564 g/mol. The number of ether oxygens (including phenoxy) is 2. The van der Waals surface area contributed by atoms with Crippen molar-refractivity contribution in [1.29, 1.82) is 0 Å². The van der Waals surface area contributed by atoms with E-state index in [9.17, 15) is 19.2 Å². The Kier molecular flexibility index (Phi) is 10.8. The van der Waals surface area contributed by atoms with Gasteiger partial charge >= 0.3 is 12.2 Å². The average Bonchev–Trinajstić information content (AvgIpc) is 2.88. The number of benzene rings is 2. The first-order chi connectivity index (χ1) is 19.0. The number of nitrogens with zero attached hydrogens (tertiary/aromatic N) is 2. The van der Waals surface area contributed by atoms with Crippen LogP contribution in [0.25, 0.3) is 0 Å². The van der Waals surface area contributed by atoms with E-state index >= 15 is 0 Å². The number of aliphatic imine (C=N–C) groups is 2. The molecule has 2 rings (SSSR count).